The van der Waals surface area contributed by atoms with E-state index in [-0.39, 0.29) is 11.9 Å². The van der Waals surface area contributed by atoms with E-state index in [1.54, 1.807) is 6.20 Å². The van der Waals surface area contributed by atoms with E-state index in [1.807, 2.05) is 52.4 Å². The number of nitrogens with one attached hydrogen (secondary N) is 1. The molecule has 8 nitrogen and oxygen atoms in total. The number of benzene rings is 1. The molecule has 4 aromatic rings. The molecule has 1 aliphatic rings. The molecule has 0 radical (unpaired) electrons. The molecule has 0 saturated carbocycles. The van der Waals surface area contributed by atoms with E-state index < -0.39 is 0 Å². The van der Waals surface area contributed by atoms with Crippen molar-refractivity contribution in [2.75, 3.05) is 6.54 Å². The Bertz CT molecular complexity index is 1220. The topological polar surface area (TPSA) is 84.6 Å². The fourth-order valence-electron chi connectivity index (χ4n) is 4.05. The van der Waals surface area contributed by atoms with Crippen LogP contribution in [-0.2, 0) is 17.9 Å². The predicted octanol–water partition coefficient (Wildman–Crippen LogP) is 2.84. The standard InChI is InChI=1S/C21H23N7O/c1-13-5-4-6-17-19(13)24-20(23-17)18-11-16-12-26(9-10-28(16)25-18)21(29)14(2)27-8-7-22-15(27)3/h4-8,11,14H,9-10,12H2,1-3H3,(H,23,24)/t14-/m0/s1. The van der Waals surface area contributed by atoms with Crippen molar-refractivity contribution in [3.05, 3.63) is 53.7 Å². The van der Waals surface area contributed by atoms with Crippen LogP contribution in [0.15, 0.2) is 36.7 Å². The van der Waals surface area contributed by atoms with Crippen LogP contribution in [0.25, 0.3) is 22.6 Å². The first-order valence-corrected chi connectivity index (χ1v) is 9.82. The number of aromatic amines is 1. The number of hydrogen-bond donors (Lipinski definition) is 1. The quantitative estimate of drug-likeness (QED) is 0.584. The SMILES string of the molecule is Cc1cccc2[nH]c(-c3cc4n(n3)CCN(C(=O)[C@H](C)n3ccnc3C)C4)nc12. The summed E-state index contributed by atoms with van der Waals surface area (Å²) in [7, 11) is 0. The van der Waals surface area contributed by atoms with Gasteiger partial charge >= 0.3 is 0 Å². The summed E-state index contributed by atoms with van der Waals surface area (Å²) < 4.78 is 3.89. The average molecular weight is 389 g/mol. The number of aryl methyl sites for hydroxylation is 2. The summed E-state index contributed by atoms with van der Waals surface area (Å²) in [6.45, 7) is 7.75. The zero-order valence-corrected chi connectivity index (χ0v) is 16.8. The average Bonchev–Trinajstić information content (AvgIpc) is 3.43. The van der Waals surface area contributed by atoms with E-state index >= 15 is 0 Å². The number of amides is 1. The summed E-state index contributed by atoms with van der Waals surface area (Å²) in [6.07, 6.45) is 3.58. The first-order chi connectivity index (χ1) is 14.0. The Morgan fingerprint density at radius 3 is 2.86 bits per heavy atom. The van der Waals surface area contributed by atoms with Gasteiger partial charge in [-0.1, -0.05) is 12.1 Å². The van der Waals surface area contributed by atoms with Crippen molar-refractivity contribution in [3.8, 4) is 11.5 Å². The molecule has 1 N–H and O–H groups in total. The maximum absolute atomic E-state index is 13.0. The van der Waals surface area contributed by atoms with E-state index in [0.29, 0.717) is 19.6 Å². The summed E-state index contributed by atoms with van der Waals surface area (Å²) in [5.74, 6) is 1.70. The van der Waals surface area contributed by atoms with Gasteiger partial charge in [0.2, 0.25) is 5.91 Å². The molecule has 5 rings (SSSR count). The second kappa shape index (κ2) is 6.58. The molecular formula is C21H23N7O. The van der Waals surface area contributed by atoms with Gasteiger partial charge in [0.1, 0.15) is 17.6 Å². The van der Waals surface area contributed by atoms with Crippen LogP contribution in [0, 0.1) is 13.8 Å². The first-order valence-electron chi connectivity index (χ1n) is 9.82. The van der Waals surface area contributed by atoms with Crippen LogP contribution in [-0.4, -0.2) is 46.7 Å². The normalized spacial score (nSPS) is 14.9. The number of H-pyrrole nitrogens is 1. The Balaban J connectivity index is 1.40. The number of aromatic nitrogens is 6. The van der Waals surface area contributed by atoms with Crippen molar-refractivity contribution < 1.29 is 4.79 Å². The second-order valence-electron chi connectivity index (χ2n) is 7.62. The zero-order chi connectivity index (χ0) is 20.1. The molecule has 0 saturated heterocycles. The summed E-state index contributed by atoms with van der Waals surface area (Å²) in [5.41, 5.74) is 4.94. The van der Waals surface area contributed by atoms with E-state index in [1.165, 1.54) is 0 Å². The molecule has 0 aliphatic carbocycles. The van der Waals surface area contributed by atoms with E-state index in [0.717, 1.165) is 39.6 Å². The van der Waals surface area contributed by atoms with Crippen LogP contribution >= 0.6 is 0 Å². The minimum atomic E-state index is -0.273. The smallest absolute Gasteiger partial charge is 0.245 e. The number of rotatable bonds is 3. The van der Waals surface area contributed by atoms with Gasteiger partial charge in [-0.15, -0.1) is 0 Å². The van der Waals surface area contributed by atoms with Gasteiger partial charge in [-0.25, -0.2) is 9.97 Å². The summed E-state index contributed by atoms with van der Waals surface area (Å²) in [6, 6.07) is 7.85. The molecule has 1 aromatic carbocycles. The molecule has 0 unspecified atom stereocenters. The molecule has 0 fully saturated rings. The molecule has 8 heteroatoms. The lowest BCUT2D eigenvalue weighted by atomic mass is 10.2. The van der Waals surface area contributed by atoms with Crippen molar-refractivity contribution in [1.29, 1.82) is 0 Å². The molecule has 1 atom stereocenters. The number of hydrogen-bond acceptors (Lipinski definition) is 4. The Kier molecular flexibility index (Phi) is 4.01. The molecule has 1 amide bonds. The molecule has 1 aliphatic heterocycles. The van der Waals surface area contributed by atoms with Gasteiger partial charge in [0.25, 0.3) is 0 Å². The molecule has 3 aromatic heterocycles. The number of nitrogens with zero attached hydrogens (tertiary/aromatic N) is 6. The lowest BCUT2D eigenvalue weighted by molar-refractivity contribution is -0.135. The summed E-state index contributed by atoms with van der Waals surface area (Å²) >= 11 is 0. The Hall–Kier alpha value is -3.42. The molecule has 4 heterocycles. The highest BCUT2D eigenvalue weighted by Gasteiger charge is 2.27. The number of carbonyl (C=O) groups is 1. The van der Waals surface area contributed by atoms with E-state index in [4.69, 9.17) is 10.1 Å². The molecule has 0 spiro atoms. The summed E-state index contributed by atoms with van der Waals surface area (Å²) in [5, 5.41) is 4.72. The van der Waals surface area contributed by atoms with Gasteiger partial charge in [-0.05, 0) is 38.5 Å². The Morgan fingerprint density at radius 2 is 2.10 bits per heavy atom. The lowest BCUT2D eigenvalue weighted by Gasteiger charge is -2.30. The van der Waals surface area contributed by atoms with E-state index in [2.05, 4.69) is 23.0 Å². The largest absolute Gasteiger partial charge is 0.337 e. The van der Waals surface area contributed by atoms with Gasteiger partial charge in [-0.3, -0.25) is 9.48 Å². The maximum atomic E-state index is 13.0. The van der Waals surface area contributed by atoms with E-state index in [9.17, 15) is 4.79 Å². The fraction of sp³-hybridized carbons (Fsp3) is 0.333. The van der Waals surface area contributed by atoms with Gasteiger partial charge < -0.3 is 14.5 Å². The minimum absolute atomic E-state index is 0.0967. The second-order valence-corrected chi connectivity index (χ2v) is 7.62. The monoisotopic (exact) mass is 389 g/mol. The highest BCUT2D eigenvalue weighted by molar-refractivity contribution is 5.82. The Labute approximate surface area is 168 Å². The number of imidazole rings is 2. The molecule has 29 heavy (non-hydrogen) atoms. The van der Waals surface area contributed by atoms with Crippen molar-refractivity contribution in [3.63, 3.8) is 0 Å². The van der Waals surface area contributed by atoms with Crippen molar-refractivity contribution in [2.45, 2.75) is 39.9 Å². The van der Waals surface area contributed by atoms with Crippen LogP contribution in [0.5, 0.6) is 0 Å². The van der Waals surface area contributed by atoms with Gasteiger partial charge in [0.15, 0.2) is 5.82 Å². The van der Waals surface area contributed by atoms with Gasteiger partial charge in [0.05, 0.1) is 29.8 Å². The predicted molar refractivity (Wildman–Crippen MR) is 109 cm³/mol. The van der Waals surface area contributed by atoms with Crippen LogP contribution in [0.3, 0.4) is 0 Å². The van der Waals surface area contributed by atoms with Gasteiger partial charge in [0, 0.05) is 18.9 Å². The maximum Gasteiger partial charge on any atom is 0.245 e. The van der Waals surface area contributed by atoms with Crippen LogP contribution in [0.1, 0.15) is 30.0 Å². The number of fused-ring (bicyclic) bond motifs is 2. The van der Waals surface area contributed by atoms with Crippen molar-refractivity contribution >= 4 is 16.9 Å². The third-order valence-electron chi connectivity index (χ3n) is 5.70. The third-order valence-corrected chi connectivity index (χ3v) is 5.70. The number of para-hydroxylation sites is 1. The fourth-order valence-corrected chi connectivity index (χ4v) is 4.05. The molecular weight excluding hydrogens is 366 g/mol. The molecule has 148 valence electrons. The van der Waals surface area contributed by atoms with Crippen LogP contribution < -0.4 is 0 Å². The Morgan fingerprint density at radius 1 is 1.24 bits per heavy atom. The number of carbonyl (C=O) groups excluding carboxylic acids is 1. The molecule has 0 bridgehead atoms. The van der Waals surface area contributed by atoms with Gasteiger partial charge in [-0.2, -0.15) is 5.10 Å². The minimum Gasteiger partial charge on any atom is -0.337 e. The van der Waals surface area contributed by atoms with Crippen LogP contribution in [0.2, 0.25) is 0 Å². The van der Waals surface area contributed by atoms with Crippen LogP contribution in [0.4, 0.5) is 0 Å². The first kappa shape index (κ1) is 17.7. The van der Waals surface area contributed by atoms with Crippen molar-refractivity contribution in [2.24, 2.45) is 0 Å². The summed E-state index contributed by atoms with van der Waals surface area (Å²) in [4.78, 5) is 27.2. The third kappa shape index (κ3) is 2.91. The van der Waals surface area contributed by atoms with Crippen molar-refractivity contribution in [1.82, 2.24) is 34.2 Å². The highest BCUT2D eigenvalue weighted by Crippen LogP contribution is 2.25. The zero-order valence-electron chi connectivity index (χ0n) is 16.8. The lowest BCUT2D eigenvalue weighted by Crippen LogP contribution is -2.41. The highest BCUT2D eigenvalue weighted by atomic mass is 16.2.